The predicted octanol–water partition coefficient (Wildman–Crippen LogP) is 2.52. The van der Waals surface area contributed by atoms with Crippen molar-refractivity contribution in [3.05, 3.63) is 35.4 Å². The molecule has 0 atom stereocenters. The Bertz CT molecular complexity index is 444. The number of nitrogens with one attached hydrogen (secondary N) is 1. The second-order valence-corrected chi connectivity index (χ2v) is 5.19. The van der Waals surface area contributed by atoms with Crippen molar-refractivity contribution in [2.24, 2.45) is 5.92 Å². The summed E-state index contributed by atoms with van der Waals surface area (Å²) < 4.78 is 0. The number of ketones is 1. The summed E-state index contributed by atoms with van der Waals surface area (Å²) in [6, 6.07) is 7.61. The van der Waals surface area contributed by atoms with Crippen LogP contribution in [0.5, 0.6) is 0 Å². The third kappa shape index (κ3) is 3.19. The van der Waals surface area contributed by atoms with Crippen molar-refractivity contribution in [1.82, 2.24) is 5.32 Å². The van der Waals surface area contributed by atoms with Gasteiger partial charge in [-0.25, -0.2) is 0 Å². The molecule has 1 amide bonds. The van der Waals surface area contributed by atoms with Crippen LogP contribution in [0.2, 0.25) is 0 Å². The van der Waals surface area contributed by atoms with Gasteiger partial charge in [-0.05, 0) is 24.3 Å². The summed E-state index contributed by atoms with van der Waals surface area (Å²) >= 11 is 0. The molecule has 18 heavy (non-hydrogen) atoms. The summed E-state index contributed by atoms with van der Waals surface area (Å²) in [5, 5.41) is 2.69. The summed E-state index contributed by atoms with van der Waals surface area (Å²) in [6.45, 7) is 4.34. The molecule has 0 radical (unpaired) electrons. The minimum absolute atomic E-state index is 0.0159. The molecule has 1 aliphatic rings. The highest BCUT2D eigenvalue weighted by Gasteiger charge is 2.29. The highest BCUT2D eigenvalue weighted by molar-refractivity contribution is 5.99. The standard InChI is InChI=1S/C15H19NO2/c1-10(2)11-3-5-12(6-4-11)14(17)9-16-15(18)13-7-8-13/h3-6,10,13H,7-9H2,1-2H3,(H,16,18). The van der Waals surface area contributed by atoms with Gasteiger partial charge in [0.05, 0.1) is 6.54 Å². The molecule has 3 heteroatoms. The lowest BCUT2D eigenvalue weighted by molar-refractivity contribution is -0.122. The maximum absolute atomic E-state index is 11.9. The number of carbonyl (C=O) groups excluding carboxylic acids is 2. The van der Waals surface area contributed by atoms with Crippen LogP contribution in [-0.4, -0.2) is 18.2 Å². The van der Waals surface area contributed by atoms with Crippen LogP contribution in [-0.2, 0) is 4.79 Å². The summed E-state index contributed by atoms with van der Waals surface area (Å²) in [5.74, 6) is 0.603. The number of hydrogen-bond acceptors (Lipinski definition) is 2. The first-order valence-corrected chi connectivity index (χ1v) is 6.49. The smallest absolute Gasteiger partial charge is 0.223 e. The monoisotopic (exact) mass is 245 g/mol. The first kappa shape index (κ1) is 12.8. The van der Waals surface area contributed by atoms with Gasteiger partial charge < -0.3 is 5.32 Å². The summed E-state index contributed by atoms with van der Waals surface area (Å²) in [4.78, 5) is 23.3. The van der Waals surface area contributed by atoms with Crippen molar-refractivity contribution in [1.29, 1.82) is 0 Å². The van der Waals surface area contributed by atoms with Crippen molar-refractivity contribution < 1.29 is 9.59 Å². The minimum atomic E-state index is -0.0284. The maximum atomic E-state index is 11.9. The van der Waals surface area contributed by atoms with E-state index in [0.717, 1.165) is 12.8 Å². The fraction of sp³-hybridized carbons (Fsp3) is 0.467. The third-order valence-electron chi connectivity index (χ3n) is 3.27. The Kier molecular flexibility index (Phi) is 3.80. The number of rotatable bonds is 5. The zero-order valence-corrected chi connectivity index (χ0v) is 10.9. The molecule has 0 aliphatic heterocycles. The van der Waals surface area contributed by atoms with E-state index in [1.165, 1.54) is 5.56 Å². The van der Waals surface area contributed by atoms with E-state index in [9.17, 15) is 9.59 Å². The first-order valence-electron chi connectivity index (χ1n) is 6.49. The van der Waals surface area contributed by atoms with Gasteiger partial charge in [-0.15, -0.1) is 0 Å². The lowest BCUT2D eigenvalue weighted by Gasteiger charge is -2.07. The number of carbonyl (C=O) groups is 2. The largest absolute Gasteiger partial charge is 0.348 e. The second-order valence-electron chi connectivity index (χ2n) is 5.19. The van der Waals surface area contributed by atoms with E-state index in [4.69, 9.17) is 0 Å². The number of Topliss-reactive ketones (excluding diaryl/α,β-unsaturated/α-hetero) is 1. The SMILES string of the molecule is CC(C)c1ccc(C(=O)CNC(=O)C2CC2)cc1. The fourth-order valence-electron chi connectivity index (χ4n) is 1.81. The quantitative estimate of drug-likeness (QED) is 0.810. The summed E-state index contributed by atoms with van der Waals surface area (Å²) in [5.41, 5.74) is 1.88. The van der Waals surface area contributed by atoms with Crippen LogP contribution >= 0.6 is 0 Å². The van der Waals surface area contributed by atoms with Crippen molar-refractivity contribution in [2.45, 2.75) is 32.6 Å². The highest BCUT2D eigenvalue weighted by Crippen LogP contribution is 2.28. The molecule has 96 valence electrons. The molecule has 0 unspecified atom stereocenters. The van der Waals surface area contributed by atoms with Crippen LogP contribution in [0.15, 0.2) is 24.3 Å². The van der Waals surface area contributed by atoms with Gasteiger partial charge in [-0.1, -0.05) is 38.1 Å². The lowest BCUT2D eigenvalue weighted by atomic mass is 10.0. The Labute approximate surface area is 108 Å². The number of amides is 1. The van der Waals surface area contributed by atoms with Gasteiger partial charge in [-0.3, -0.25) is 9.59 Å². The second kappa shape index (κ2) is 5.34. The normalized spacial score (nSPS) is 14.6. The molecular weight excluding hydrogens is 226 g/mol. The molecule has 1 aromatic rings. The molecule has 0 aromatic heterocycles. The van der Waals surface area contributed by atoms with Crippen LogP contribution in [0.25, 0.3) is 0 Å². The van der Waals surface area contributed by atoms with Gasteiger partial charge in [0.2, 0.25) is 5.91 Å². The molecule has 1 N–H and O–H groups in total. The van der Waals surface area contributed by atoms with E-state index >= 15 is 0 Å². The Morgan fingerprint density at radius 3 is 2.33 bits per heavy atom. The molecule has 3 nitrogen and oxygen atoms in total. The van der Waals surface area contributed by atoms with E-state index in [0.29, 0.717) is 11.5 Å². The fourth-order valence-corrected chi connectivity index (χ4v) is 1.81. The van der Waals surface area contributed by atoms with E-state index in [-0.39, 0.29) is 24.2 Å². The van der Waals surface area contributed by atoms with Crippen molar-refractivity contribution in [2.75, 3.05) is 6.54 Å². The van der Waals surface area contributed by atoms with E-state index in [1.807, 2.05) is 24.3 Å². The molecule has 1 saturated carbocycles. The Hall–Kier alpha value is -1.64. The van der Waals surface area contributed by atoms with Gasteiger partial charge >= 0.3 is 0 Å². The average Bonchev–Trinajstić information content (AvgIpc) is 3.20. The minimum Gasteiger partial charge on any atom is -0.348 e. The van der Waals surface area contributed by atoms with Crippen molar-refractivity contribution in [3.8, 4) is 0 Å². The molecule has 1 aliphatic carbocycles. The van der Waals surface area contributed by atoms with Crippen LogP contribution < -0.4 is 5.32 Å². The predicted molar refractivity (Wildman–Crippen MR) is 70.6 cm³/mol. The van der Waals surface area contributed by atoms with Gasteiger partial charge in [0.25, 0.3) is 0 Å². The van der Waals surface area contributed by atoms with Gasteiger partial charge in [-0.2, -0.15) is 0 Å². The van der Waals surface area contributed by atoms with Crippen LogP contribution in [0.4, 0.5) is 0 Å². The van der Waals surface area contributed by atoms with Crippen molar-refractivity contribution in [3.63, 3.8) is 0 Å². The number of hydrogen-bond donors (Lipinski definition) is 1. The molecule has 0 bridgehead atoms. The zero-order chi connectivity index (χ0) is 13.1. The Balaban J connectivity index is 1.89. The van der Waals surface area contributed by atoms with E-state index in [2.05, 4.69) is 19.2 Å². The van der Waals surface area contributed by atoms with E-state index < -0.39 is 0 Å². The zero-order valence-electron chi connectivity index (χ0n) is 10.9. The molecule has 2 rings (SSSR count). The summed E-state index contributed by atoms with van der Waals surface area (Å²) in [6.07, 6.45) is 1.92. The maximum Gasteiger partial charge on any atom is 0.223 e. The lowest BCUT2D eigenvalue weighted by Crippen LogP contribution is -2.30. The molecular formula is C15H19NO2. The molecule has 0 heterocycles. The molecule has 0 spiro atoms. The topological polar surface area (TPSA) is 46.2 Å². The molecule has 1 fully saturated rings. The van der Waals surface area contributed by atoms with Gasteiger partial charge in [0, 0.05) is 11.5 Å². The highest BCUT2D eigenvalue weighted by atomic mass is 16.2. The first-order chi connectivity index (χ1) is 8.58. The van der Waals surface area contributed by atoms with Crippen LogP contribution in [0, 0.1) is 5.92 Å². The Morgan fingerprint density at radius 1 is 1.22 bits per heavy atom. The van der Waals surface area contributed by atoms with Gasteiger partial charge in [0.15, 0.2) is 5.78 Å². The van der Waals surface area contributed by atoms with Gasteiger partial charge in [0.1, 0.15) is 0 Å². The third-order valence-corrected chi connectivity index (χ3v) is 3.27. The molecule has 1 aromatic carbocycles. The number of benzene rings is 1. The van der Waals surface area contributed by atoms with Crippen molar-refractivity contribution >= 4 is 11.7 Å². The summed E-state index contributed by atoms with van der Waals surface area (Å²) in [7, 11) is 0. The average molecular weight is 245 g/mol. The van der Waals surface area contributed by atoms with Crippen LogP contribution in [0.3, 0.4) is 0 Å². The van der Waals surface area contributed by atoms with Crippen LogP contribution in [0.1, 0.15) is 48.5 Å². The van der Waals surface area contributed by atoms with E-state index in [1.54, 1.807) is 0 Å². The molecule has 0 saturated heterocycles. The Morgan fingerprint density at radius 2 is 1.83 bits per heavy atom.